The zero-order valence-corrected chi connectivity index (χ0v) is 8.49. The van der Waals surface area contributed by atoms with Crippen LogP contribution in [0.5, 0.6) is 0 Å². The Morgan fingerprint density at radius 2 is 2.31 bits per heavy atom. The van der Waals surface area contributed by atoms with Crippen LogP contribution in [-0.2, 0) is 0 Å². The van der Waals surface area contributed by atoms with Crippen LogP contribution in [0.1, 0.15) is 26.2 Å². The maximum Gasteiger partial charge on any atom is 0.315 e. The second-order valence-corrected chi connectivity index (χ2v) is 3.73. The Labute approximate surface area is 83.2 Å². The van der Waals surface area contributed by atoms with E-state index in [1.807, 2.05) is 6.92 Å². The van der Waals surface area contributed by atoms with Crippen LogP contribution in [0.25, 0.3) is 0 Å². The maximum absolute atomic E-state index is 11.2. The molecule has 1 aliphatic carbocycles. The molecule has 0 aromatic rings. The number of hydrogen-bond acceptors (Lipinski definition) is 2. The molecular formula is C8H15N3OS. The topological polar surface area (TPSA) is 67.2 Å². The van der Waals surface area contributed by atoms with Gasteiger partial charge in [-0.25, -0.2) is 4.79 Å². The van der Waals surface area contributed by atoms with Crippen molar-refractivity contribution in [2.75, 3.05) is 0 Å². The largest absolute Gasteiger partial charge is 0.392 e. The number of nitrogens with one attached hydrogen (secondary N) is 2. The smallest absolute Gasteiger partial charge is 0.315 e. The Kier molecular flexibility index (Phi) is 3.48. The van der Waals surface area contributed by atoms with Gasteiger partial charge in [-0.1, -0.05) is 19.1 Å². The quantitative estimate of drug-likeness (QED) is 0.581. The third-order valence-electron chi connectivity index (χ3n) is 1.97. The van der Waals surface area contributed by atoms with E-state index >= 15 is 0 Å². The Morgan fingerprint density at radius 3 is 2.69 bits per heavy atom. The molecule has 1 rings (SSSR count). The highest BCUT2D eigenvalue weighted by molar-refractivity contribution is 7.80. The fraction of sp³-hybridized carbons (Fsp3) is 0.750. The third kappa shape index (κ3) is 3.59. The average molecular weight is 201 g/mol. The molecule has 0 radical (unpaired) electrons. The van der Waals surface area contributed by atoms with Gasteiger partial charge in [0, 0.05) is 6.04 Å². The Morgan fingerprint density at radius 1 is 1.69 bits per heavy atom. The number of amides is 2. The van der Waals surface area contributed by atoms with Crippen molar-refractivity contribution in [1.29, 1.82) is 0 Å². The minimum absolute atomic E-state index is 0.165. The summed E-state index contributed by atoms with van der Waals surface area (Å²) in [7, 11) is 0. The Balaban J connectivity index is 2.26. The van der Waals surface area contributed by atoms with Crippen LogP contribution in [0.4, 0.5) is 4.79 Å². The van der Waals surface area contributed by atoms with Crippen LogP contribution >= 0.6 is 12.2 Å². The fourth-order valence-corrected chi connectivity index (χ4v) is 1.21. The van der Waals surface area contributed by atoms with Gasteiger partial charge < -0.3 is 16.4 Å². The molecule has 5 heteroatoms. The zero-order valence-electron chi connectivity index (χ0n) is 7.67. The van der Waals surface area contributed by atoms with Crippen LogP contribution in [0, 0.1) is 0 Å². The Bertz CT molecular complexity index is 215. The molecule has 0 bridgehead atoms. The molecule has 4 N–H and O–H groups in total. The van der Waals surface area contributed by atoms with E-state index < -0.39 is 0 Å². The second kappa shape index (κ2) is 4.41. The molecule has 74 valence electrons. The lowest BCUT2D eigenvalue weighted by molar-refractivity contribution is 0.239. The number of carbonyl (C=O) groups is 1. The fourth-order valence-electron chi connectivity index (χ4n) is 0.987. The van der Waals surface area contributed by atoms with Gasteiger partial charge in [0.1, 0.15) is 0 Å². The van der Waals surface area contributed by atoms with Gasteiger partial charge in [-0.15, -0.1) is 0 Å². The summed E-state index contributed by atoms with van der Waals surface area (Å²) in [6.07, 6.45) is 2.89. The van der Waals surface area contributed by atoms with Crippen molar-refractivity contribution >= 4 is 23.2 Å². The van der Waals surface area contributed by atoms with Gasteiger partial charge in [-0.2, -0.15) is 0 Å². The summed E-state index contributed by atoms with van der Waals surface area (Å²) < 4.78 is 0. The van der Waals surface area contributed by atoms with E-state index in [-0.39, 0.29) is 12.1 Å². The minimum Gasteiger partial charge on any atom is -0.392 e. The van der Waals surface area contributed by atoms with Crippen molar-refractivity contribution in [2.45, 2.75) is 38.3 Å². The number of rotatable bonds is 4. The summed E-state index contributed by atoms with van der Waals surface area (Å²) in [6.45, 7) is 1.93. The number of nitrogens with two attached hydrogens (primary N) is 1. The summed E-state index contributed by atoms with van der Waals surface area (Å²) >= 11 is 4.80. The summed E-state index contributed by atoms with van der Waals surface area (Å²) in [5.74, 6) is 0. The highest BCUT2D eigenvalue weighted by Crippen LogP contribution is 2.18. The van der Waals surface area contributed by atoms with Crippen LogP contribution in [0.3, 0.4) is 0 Å². The van der Waals surface area contributed by atoms with Gasteiger partial charge in [0.2, 0.25) is 0 Å². The lowest BCUT2D eigenvalue weighted by atomic mass is 10.2. The zero-order chi connectivity index (χ0) is 9.84. The predicted molar refractivity (Wildman–Crippen MR) is 55.6 cm³/mol. The predicted octanol–water partition coefficient (Wildman–Crippen LogP) is 0.513. The van der Waals surface area contributed by atoms with E-state index in [9.17, 15) is 4.79 Å². The van der Waals surface area contributed by atoms with E-state index in [4.69, 9.17) is 18.0 Å². The van der Waals surface area contributed by atoms with Gasteiger partial charge in [-0.3, -0.25) is 0 Å². The van der Waals surface area contributed by atoms with Crippen molar-refractivity contribution in [3.63, 3.8) is 0 Å². The number of hydrogen-bond donors (Lipinski definition) is 3. The van der Waals surface area contributed by atoms with Crippen LogP contribution < -0.4 is 16.4 Å². The highest BCUT2D eigenvalue weighted by Gasteiger charge is 2.24. The highest BCUT2D eigenvalue weighted by atomic mass is 32.1. The van der Waals surface area contributed by atoms with Gasteiger partial charge in [-0.05, 0) is 19.3 Å². The lowest BCUT2D eigenvalue weighted by Gasteiger charge is -2.15. The summed E-state index contributed by atoms with van der Waals surface area (Å²) in [4.78, 5) is 11.6. The van der Waals surface area contributed by atoms with Crippen LogP contribution in [0.15, 0.2) is 0 Å². The van der Waals surface area contributed by atoms with Gasteiger partial charge in [0.15, 0.2) is 0 Å². The molecular weight excluding hydrogens is 186 g/mol. The summed E-state index contributed by atoms with van der Waals surface area (Å²) in [6, 6.07) is 0.0137. The van der Waals surface area contributed by atoms with Gasteiger partial charge in [0.25, 0.3) is 0 Å². The first-order chi connectivity index (χ1) is 6.13. The normalized spacial score (nSPS) is 17.6. The first-order valence-corrected chi connectivity index (χ1v) is 4.90. The molecule has 0 saturated heterocycles. The standard InChI is InChI=1S/C8H15N3OS/c1-2-6(7(9)13)11-8(12)10-5-3-4-5/h5-6H,2-4H2,1H3,(H2,9,13)(H2,10,11,12). The van der Waals surface area contributed by atoms with Gasteiger partial charge in [0.05, 0.1) is 11.0 Å². The molecule has 2 amide bonds. The molecule has 13 heavy (non-hydrogen) atoms. The first kappa shape index (κ1) is 10.2. The molecule has 1 unspecified atom stereocenters. The Hall–Kier alpha value is -0.840. The number of urea groups is 1. The van der Waals surface area contributed by atoms with Crippen molar-refractivity contribution in [3.8, 4) is 0 Å². The molecule has 0 aromatic carbocycles. The monoisotopic (exact) mass is 201 g/mol. The average Bonchev–Trinajstić information content (AvgIpc) is 2.83. The van der Waals surface area contributed by atoms with Crippen molar-refractivity contribution in [3.05, 3.63) is 0 Å². The van der Waals surface area contributed by atoms with Crippen LogP contribution in [0.2, 0.25) is 0 Å². The lowest BCUT2D eigenvalue weighted by Crippen LogP contribution is -2.47. The van der Waals surface area contributed by atoms with E-state index in [1.54, 1.807) is 0 Å². The second-order valence-electron chi connectivity index (χ2n) is 3.26. The number of carbonyl (C=O) groups excluding carboxylic acids is 1. The molecule has 1 saturated carbocycles. The van der Waals surface area contributed by atoms with E-state index in [2.05, 4.69) is 10.6 Å². The molecule has 1 aliphatic rings. The molecule has 1 fully saturated rings. The maximum atomic E-state index is 11.2. The molecule has 1 atom stereocenters. The molecule has 4 nitrogen and oxygen atoms in total. The molecule has 0 aliphatic heterocycles. The first-order valence-electron chi connectivity index (χ1n) is 4.49. The SMILES string of the molecule is CCC(NC(=O)NC1CC1)C(N)=S. The molecule has 0 aromatic heterocycles. The van der Waals surface area contributed by atoms with Gasteiger partial charge >= 0.3 is 6.03 Å². The minimum atomic E-state index is -0.186. The van der Waals surface area contributed by atoms with E-state index in [0.717, 1.165) is 19.3 Å². The molecule has 0 heterocycles. The molecule has 0 spiro atoms. The van der Waals surface area contributed by atoms with Crippen molar-refractivity contribution in [1.82, 2.24) is 10.6 Å². The summed E-state index contributed by atoms with van der Waals surface area (Å²) in [5, 5.41) is 5.53. The van der Waals surface area contributed by atoms with Crippen molar-refractivity contribution < 1.29 is 4.79 Å². The van der Waals surface area contributed by atoms with Crippen molar-refractivity contribution in [2.24, 2.45) is 5.73 Å². The van der Waals surface area contributed by atoms with E-state index in [1.165, 1.54) is 0 Å². The van der Waals surface area contributed by atoms with Crippen LogP contribution in [-0.4, -0.2) is 23.1 Å². The number of thiocarbonyl (C=S) groups is 1. The third-order valence-corrected chi connectivity index (χ3v) is 2.25. The van der Waals surface area contributed by atoms with E-state index in [0.29, 0.717) is 11.0 Å². The summed E-state index contributed by atoms with van der Waals surface area (Å²) in [5.41, 5.74) is 5.43.